The van der Waals surface area contributed by atoms with Gasteiger partial charge in [0.05, 0.1) is 12.8 Å². The van der Waals surface area contributed by atoms with Gasteiger partial charge in [0.15, 0.2) is 0 Å². The van der Waals surface area contributed by atoms with Crippen LogP contribution in [0.3, 0.4) is 0 Å². The molecule has 2 aromatic rings. The van der Waals surface area contributed by atoms with Gasteiger partial charge in [-0.25, -0.2) is 14.6 Å². The van der Waals surface area contributed by atoms with Crippen molar-refractivity contribution in [2.24, 2.45) is 0 Å². The number of rotatable bonds is 6. The molecule has 1 aliphatic rings. The van der Waals surface area contributed by atoms with Crippen molar-refractivity contribution in [2.75, 3.05) is 18.6 Å². The second kappa shape index (κ2) is 8.10. The first-order valence-electron chi connectivity index (χ1n) is 8.26. The number of nitrogens with one attached hydrogen (secondary N) is 1. The molecule has 5 amide bonds. The lowest BCUT2D eigenvalue weighted by atomic mass is 10.2. The van der Waals surface area contributed by atoms with Crippen molar-refractivity contribution in [3.8, 4) is 5.75 Å². The first kappa shape index (κ1) is 19.4. The van der Waals surface area contributed by atoms with Gasteiger partial charge in [-0.1, -0.05) is 23.7 Å². The van der Waals surface area contributed by atoms with Crippen LogP contribution < -0.4 is 15.0 Å². The SMILES string of the molecule is COc1ccc(N2C(=O)C(=O)N(CC(=O)NCc3ccc(Cl)cc3)C2=O)cc1. The first-order valence-corrected chi connectivity index (χ1v) is 8.63. The zero-order valence-electron chi connectivity index (χ0n) is 14.8. The molecule has 0 aliphatic carbocycles. The highest BCUT2D eigenvalue weighted by atomic mass is 35.5. The van der Waals surface area contributed by atoms with Gasteiger partial charge < -0.3 is 10.1 Å². The minimum atomic E-state index is -1.05. The molecule has 0 radical (unpaired) electrons. The van der Waals surface area contributed by atoms with Crippen LogP contribution in [0.5, 0.6) is 5.75 Å². The Labute approximate surface area is 165 Å². The average Bonchev–Trinajstić information content (AvgIpc) is 2.91. The van der Waals surface area contributed by atoms with Gasteiger partial charge in [0, 0.05) is 11.6 Å². The molecule has 0 saturated carbocycles. The third kappa shape index (κ3) is 3.96. The number of hydrogen-bond donors (Lipinski definition) is 1. The number of urea groups is 1. The highest BCUT2D eigenvalue weighted by Crippen LogP contribution is 2.24. The van der Waals surface area contributed by atoms with Gasteiger partial charge >= 0.3 is 17.8 Å². The van der Waals surface area contributed by atoms with Crippen molar-refractivity contribution in [3.63, 3.8) is 0 Å². The number of carbonyl (C=O) groups is 4. The Morgan fingerprint density at radius 3 is 2.25 bits per heavy atom. The molecule has 1 fully saturated rings. The lowest BCUT2D eigenvalue weighted by Crippen LogP contribution is -2.41. The van der Waals surface area contributed by atoms with Crippen molar-refractivity contribution in [1.29, 1.82) is 0 Å². The fourth-order valence-electron chi connectivity index (χ4n) is 2.61. The zero-order valence-corrected chi connectivity index (χ0v) is 15.6. The van der Waals surface area contributed by atoms with Crippen LogP contribution in [0.4, 0.5) is 10.5 Å². The number of methoxy groups -OCH3 is 1. The van der Waals surface area contributed by atoms with Gasteiger partial charge in [0.2, 0.25) is 5.91 Å². The fourth-order valence-corrected chi connectivity index (χ4v) is 2.73. The van der Waals surface area contributed by atoms with Crippen LogP contribution in [0.2, 0.25) is 5.02 Å². The Kier molecular flexibility index (Phi) is 5.60. The normalized spacial score (nSPS) is 13.9. The summed E-state index contributed by atoms with van der Waals surface area (Å²) in [4.78, 5) is 50.4. The topological polar surface area (TPSA) is 96.0 Å². The summed E-state index contributed by atoms with van der Waals surface area (Å²) in [5.41, 5.74) is 1.01. The van der Waals surface area contributed by atoms with Crippen LogP contribution >= 0.6 is 11.6 Å². The molecule has 0 spiro atoms. The monoisotopic (exact) mass is 401 g/mol. The Balaban J connectivity index is 1.65. The average molecular weight is 402 g/mol. The van der Waals surface area contributed by atoms with E-state index in [1.54, 1.807) is 36.4 Å². The maximum absolute atomic E-state index is 12.5. The molecule has 1 heterocycles. The lowest BCUT2D eigenvalue weighted by molar-refractivity contribution is -0.140. The predicted octanol–water partition coefficient (Wildman–Crippen LogP) is 1.96. The number of anilines is 1. The molecule has 1 N–H and O–H groups in total. The zero-order chi connectivity index (χ0) is 20.3. The fraction of sp³-hybridized carbons (Fsp3) is 0.158. The lowest BCUT2D eigenvalue weighted by Gasteiger charge is -2.15. The van der Waals surface area contributed by atoms with Gasteiger partial charge in [0.25, 0.3) is 0 Å². The Hall–Kier alpha value is -3.39. The van der Waals surface area contributed by atoms with Crippen LogP contribution in [0, 0.1) is 0 Å². The molecule has 0 bridgehead atoms. The molecule has 1 saturated heterocycles. The molecule has 0 unspecified atom stereocenters. The molecule has 28 heavy (non-hydrogen) atoms. The van der Waals surface area contributed by atoms with E-state index in [2.05, 4.69) is 5.32 Å². The summed E-state index contributed by atoms with van der Waals surface area (Å²) in [6, 6.07) is 12.0. The smallest absolute Gasteiger partial charge is 0.339 e. The standard InChI is InChI=1S/C19H16ClN3O5/c1-28-15-8-6-14(7-9-15)23-18(26)17(25)22(19(23)27)11-16(24)21-10-12-2-4-13(20)5-3-12/h2-9H,10-11H2,1H3,(H,21,24). The molecule has 0 aromatic heterocycles. The summed E-state index contributed by atoms with van der Waals surface area (Å²) in [6.45, 7) is -0.355. The number of benzene rings is 2. The molecule has 0 atom stereocenters. The van der Waals surface area contributed by atoms with Crippen molar-refractivity contribution in [2.45, 2.75) is 6.54 Å². The van der Waals surface area contributed by atoms with Crippen molar-refractivity contribution >= 4 is 41.0 Å². The number of amides is 5. The van der Waals surface area contributed by atoms with Gasteiger partial charge in [-0.3, -0.25) is 14.4 Å². The summed E-state index contributed by atoms with van der Waals surface area (Å²) in [5.74, 6) is -2.10. The molecular weight excluding hydrogens is 386 g/mol. The maximum atomic E-state index is 12.5. The molecule has 9 heteroatoms. The number of hydrogen-bond acceptors (Lipinski definition) is 5. The van der Waals surface area contributed by atoms with Crippen LogP contribution in [-0.4, -0.2) is 42.3 Å². The van der Waals surface area contributed by atoms with Crippen molar-refractivity contribution in [3.05, 3.63) is 59.1 Å². The Bertz CT molecular complexity index is 928. The van der Waals surface area contributed by atoms with Gasteiger partial charge in [-0.2, -0.15) is 0 Å². The minimum Gasteiger partial charge on any atom is -0.497 e. The van der Waals surface area contributed by atoms with Crippen molar-refractivity contribution in [1.82, 2.24) is 10.2 Å². The van der Waals surface area contributed by atoms with E-state index in [1.807, 2.05) is 0 Å². The van der Waals surface area contributed by atoms with Crippen LogP contribution in [0.15, 0.2) is 48.5 Å². The number of halogens is 1. The first-order chi connectivity index (χ1) is 13.4. The highest BCUT2D eigenvalue weighted by molar-refractivity contribution is 6.53. The molecule has 3 rings (SSSR count). The van der Waals surface area contributed by atoms with E-state index in [1.165, 1.54) is 19.2 Å². The molecule has 8 nitrogen and oxygen atoms in total. The van der Waals surface area contributed by atoms with Crippen LogP contribution in [-0.2, 0) is 20.9 Å². The highest BCUT2D eigenvalue weighted by Gasteiger charge is 2.46. The van der Waals surface area contributed by atoms with E-state index in [9.17, 15) is 19.2 Å². The van der Waals surface area contributed by atoms with E-state index < -0.39 is 30.3 Å². The van der Waals surface area contributed by atoms with Crippen LogP contribution in [0.1, 0.15) is 5.56 Å². The maximum Gasteiger partial charge on any atom is 0.339 e. The molecule has 144 valence electrons. The summed E-state index contributed by atoms with van der Waals surface area (Å²) < 4.78 is 5.02. The second-order valence-corrected chi connectivity index (χ2v) is 6.35. The van der Waals surface area contributed by atoms with Gasteiger partial charge in [-0.05, 0) is 42.0 Å². The largest absolute Gasteiger partial charge is 0.497 e. The Morgan fingerprint density at radius 1 is 1.00 bits per heavy atom. The number of imide groups is 2. The molecule has 1 aliphatic heterocycles. The van der Waals surface area contributed by atoms with E-state index in [-0.39, 0.29) is 12.2 Å². The third-order valence-electron chi connectivity index (χ3n) is 4.09. The Morgan fingerprint density at radius 2 is 1.64 bits per heavy atom. The van der Waals surface area contributed by atoms with E-state index >= 15 is 0 Å². The molecule has 2 aromatic carbocycles. The third-order valence-corrected chi connectivity index (χ3v) is 4.34. The summed E-state index contributed by atoms with van der Waals surface area (Å²) in [5, 5.41) is 3.17. The van der Waals surface area contributed by atoms with E-state index in [4.69, 9.17) is 16.3 Å². The summed E-state index contributed by atoms with van der Waals surface area (Å²) in [7, 11) is 1.48. The number of ether oxygens (including phenoxy) is 1. The van der Waals surface area contributed by atoms with Gasteiger partial charge in [-0.15, -0.1) is 0 Å². The molecular formula is C19H16ClN3O5. The summed E-state index contributed by atoms with van der Waals surface area (Å²) >= 11 is 5.80. The van der Waals surface area contributed by atoms with E-state index in [0.717, 1.165) is 10.5 Å². The quantitative estimate of drug-likeness (QED) is 0.589. The number of carbonyl (C=O) groups excluding carboxylic acids is 4. The minimum absolute atomic E-state index is 0.197. The van der Waals surface area contributed by atoms with Gasteiger partial charge in [0.1, 0.15) is 12.3 Å². The number of nitrogens with zero attached hydrogens (tertiary/aromatic N) is 2. The second-order valence-electron chi connectivity index (χ2n) is 5.92. The predicted molar refractivity (Wildman–Crippen MR) is 101 cm³/mol. The van der Waals surface area contributed by atoms with Crippen LogP contribution in [0.25, 0.3) is 0 Å². The van der Waals surface area contributed by atoms with E-state index in [0.29, 0.717) is 15.7 Å². The van der Waals surface area contributed by atoms with Crippen molar-refractivity contribution < 1.29 is 23.9 Å². The summed E-state index contributed by atoms with van der Waals surface area (Å²) in [6.07, 6.45) is 0.